The standard InChI is InChI=1S/C28H39F/c1-2-19-3-4-25-16-23(10-9-22(25)15-19)20-5-7-21(8-6-20)24-11-12-27-18-28(29)14-13-26(27)17-24/h2,13-14,18-25H,1,3-12,15-17H2. The van der Waals surface area contributed by atoms with Crippen LogP contribution in [0, 0.1) is 47.2 Å². The van der Waals surface area contributed by atoms with Gasteiger partial charge in [-0.1, -0.05) is 12.1 Å². The number of hydrogen-bond acceptors (Lipinski definition) is 0. The first-order chi connectivity index (χ1) is 14.2. The van der Waals surface area contributed by atoms with Crippen LogP contribution in [0.4, 0.5) is 4.39 Å². The minimum absolute atomic E-state index is 0.0598. The maximum absolute atomic E-state index is 13.5. The SMILES string of the molecule is C=CC1CCC2CC(C3CCC(C4CCc5cc(F)ccc5C4)CC3)CCC2C1. The van der Waals surface area contributed by atoms with Gasteiger partial charge in [-0.3, -0.25) is 0 Å². The summed E-state index contributed by atoms with van der Waals surface area (Å²) < 4.78 is 13.5. The third kappa shape index (κ3) is 4.21. The number of aryl methyl sites for hydroxylation is 1. The van der Waals surface area contributed by atoms with Crippen molar-refractivity contribution in [3.8, 4) is 0 Å². The molecule has 5 atom stereocenters. The fourth-order valence-electron chi connectivity index (χ4n) is 7.85. The lowest BCUT2D eigenvalue weighted by Gasteiger charge is -2.45. The Morgan fingerprint density at radius 3 is 2.07 bits per heavy atom. The van der Waals surface area contributed by atoms with E-state index in [9.17, 15) is 4.39 Å². The topological polar surface area (TPSA) is 0 Å². The van der Waals surface area contributed by atoms with Crippen LogP contribution in [0.15, 0.2) is 30.9 Å². The Labute approximate surface area is 177 Å². The van der Waals surface area contributed by atoms with Crippen LogP contribution in [0.3, 0.4) is 0 Å². The molecule has 0 saturated heterocycles. The summed E-state index contributed by atoms with van der Waals surface area (Å²) in [6.45, 7) is 4.06. The first-order valence-corrected chi connectivity index (χ1v) is 12.6. The summed E-state index contributed by atoms with van der Waals surface area (Å²) in [5, 5.41) is 0. The largest absolute Gasteiger partial charge is 0.207 e. The van der Waals surface area contributed by atoms with Crippen LogP contribution >= 0.6 is 0 Å². The van der Waals surface area contributed by atoms with E-state index >= 15 is 0 Å². The fraction of sp³-hybridized carbons (Fsp3) is 0.714. The highest BCUT2D eigenvalue weighted by atomic mass is 19.1. The number of allylic oxidation sites excluding steroid dienone is 1. The molecule has 0 bridgehead atoms. The maximum atomic E-state index is 13.5. The molecule has 3 saturated carbocycles. The van der Waals surface area contributed by atoms with Crippen LogP contribution < -0.4 is 0 Å². The molecular formula is C28H39F. The molecule has 0 nitrogen and oxygen atoms in total. The molecule has 3 fully saturated rings. The normalized spacial score (nSPS) is 40.0. The molecule has 158 valence electrons. The highest BCUT2D eigenvalue weighted by molar-refractivity contribution is 5.30. The Morgan fingerprint density at radius 1 is 0.690 bits per heavy atom. The van der Waals surface area contributed by atoms with E-state index in [1.807, 2.05) is 0 Å². The predicted octanol–water partition coefficient (Wildman–Crippen LogP) is 7.76. The van der Waals surface area contributed by atoms with Gasteiger partial charge in [0.2, 0.25) is 0 Å². The van der Waals surface area contributed by atoms with Crippen molar-refractivity contribution in [1.82, 2.24) is 0 Å². The van der Waals surface area contributed by atoms with Crippen molar-refractivity contribution >= 4 is 0 Å². The van der Waals surface area contributed by atoms with Crippen molar-refractivity contribution in [2.75, 3.05) is 0 Å². The van der Waals surface area contributed by atoms with E-state index in [2.05, 4.69) is 18.7 Å². The second-order valence-electron chi connectivity index (χ2n) is 11.0. The number of halogens is 1. The molecule has 0 amide bonds. The third-order valence-corrected chi connectivity index (χ3v) is 9.61. The van der Waals surface area contributed by atoms with E-state index < -0.39 is 0 Å². The molecule has 1 heteroatoms. The van der Waals surface area contributed by atoms with Gasteiger partial charge in [0.25, 0.3) is 0 Å². The van der Waals surface area contributed by atoms with E-state index in [-0.39, 0.29) is 5.82 Å². The number of benzene rings is 1. The van der Waals surface area contributed by atoms with Crippen LogP contribution in [-0.2, 0) is 12.8 Å². The van der Waals surface area contributed by atoms with Crippen molar-refractivity contribution < 1.29 is 4.39 Å². The van der Waals surface area contributed by atoms with E-state index in [0.717, 1.165) is 47.8 Å². The molecule has 5 unspecified atom stereocenters. The van der Waals surface area contributed by atoms with Crippen LogP contribution in [0.5, 0.6) is 0 Å². The summed E-state index contributed by atoms with van der Waals surface area (Å²) in [4.78, 5) is 0. The lowest BCUT2D eigenvalue weighted by Crippen LogP contribution is -2.35. The van der Waals surface area contributed by atoms with Gasteiger partial charge >= 0.3 is 0 Å². The molecule has 4 aliphatic rings. The Hall–Kier alpha value is -1.11. The molecule has 4 aliphatic carbocycles. The number of rotatable bonds is 3. The minimum Gasteiger partial charge on any atom is -0.207 e. The lowest BCUT2D eigenvalue weighted by molar-refractivity contribution is 0.0612. The van der Waals surface area contributed by atoms with E-state index in [1.54, 1.807) is 12.1 Å². The summed E-state index contributed by atoms with van der Waals surface area (Å²) >= 11 is 0. The van der Waals surface area contributed by atoms with Gasteiger partial charge in [-0.15, -0.1) is 6.58 Å². The lowest BCUT2D eigenvalue weighted by atomic mass is 9.60. The molecule has 0 aliphatic heterocycles. The minimum atomic E-state index is -0.0598. The van der Waals surface area contributed by atoms with Crippen molar-refractivity contribution in [2.45, 2.75) is 83.5 Å². The van der Waals surface area contributed by atoms with E-state index in [1.165, 1.54) is 88.2 Å². The summed E-state index contributed by atoms with van der Waals surface area (Å²) in [6, 6.07) is 5.50. The summed E-state index contributed by atoms with van der Waals surface area (Å²) in [6.07, 6.45) is 20.5. The Balaban J connectivity index is 1.13. The average Bonchev–Trinajstić information content (AvgIpc) is 2.78. The van der Waals surface area contributed by atoms with Gasteiger partial charge in [-0.2, -0.15) is 0 Å². The van der Waals surface area contributed by atoms with Crippen LogP contribution in [0.2, 0.25) is 0 Å². The van der Waals surface area contributed by atoms with Gasteiger partial charge in [0.05, 0.1) is 0 Å². The van der Waals surface area contributed by atoms with E-state index in [0.29, 0.717) is 0 Å². The summed E-state index contributed by atoms with van der Waals surface area (Å²) in [5.41, 5.74) is 2.70. The summed E-state index contributed by atoms with van der Waals surface area (Å²) in [5.74, 6) is 6.57. The van der Waals surface area contributed by atoms with Crippen molar-refractivity contribution in [1.29, 1.82) is 0 Å². The molecule has 29 heavy (non-hydrogen) atoms. The van der Waals surface area contributed by atoms with Crippen LogP contribution in [-0.4, -0.2) is 0 Å². The molecule has 1 aromatic carbocycles. The second-order valence-corrected chi connectivity index (χ2v) is 11.0. The molecule has 0 aromatic heterocycles. The number of hydrogen-bond donors (Lipinski definition) is 0. The third-order valence-electron chi connectivity index (χ3n) is 9.61. The first kappa shape index (κ1) is 19.8. The van der Waals surface area contributed by atoms with E-state index in [4.69, 9.17) is 0 Å². The van der Waals surface area contributed by atoms with Gasteiger partial charge < -0.3 is 0 Å². The molecule has 0 spiro atoms. The zero-order chi connectivity index (χ0) is 19.8. The maximum Gasteiger partial charge on any atom is 0.123 e. The van der Waals surface area contributed by atoms with Crippen molar-refractivity contribution in [3.05, 3.63) is 47.8 Å². The predicted molar refractivity (Wildman–Crippen MR) is 119 cm³/mol. The highest BCUT2D eigenvalue weighted by Crippen LogP contribution is 2.50. The highest BCUT2D eigenvalue weighted by Gasteiger charge is 2.39. The Bertz CT molecular complexity index is 713. The molecule has 0 heterocycles. The molecule has 0 N–H and O–H groups in total. The van der Waals surface area contributed by atoms with Crippen molar-refractivity contribution in [3.63, 3.8) is 0 Å². The zero-order valence-corrected chi connectivity index (χ0v) is 18.1. The first-order valence-electron chi connectivity index (χ1n) is 12.6. The zero-order valence-electron chi connectivity index (χ0n) is 18.1. The quantitative estimate of drug-likeness (QED) is 0.460. The Kier molecular flexibility index (Phi) is 5.85. The molecular weight excluding hydrogens is 355 g/mol. The van der Waals surface area contributed by atoms with Crippen LogP contribution in [0.25, 0.3) is 0 Å². The fourth-order valence-corrected chi connectivity index (χ4v) is 7.85. The monoisotopic (exact) mass is 394 g/mol. The Morgan fingerprint density at radius 2 is 1.31 bits per heavy atom. The summed E-state index contributed by atoms with van der Waals surface area (Å²) in [7, 11) is 0. The van der Waals surface area contributed by atoms with Gasteiger partial charge in [-0.25, -0.2) is 4.39 Å². The number of fused-ring (bicyclic) bond motifs is 2. The van der Waals surface area contributed by atoms with Crippen LogP contribution in [0.1, 0.15) is 81.8 Å². The smallest absolute Gasteiger partial charge is 0.123 e. The molecule has 1 aromatic rings. The van der Waals surface area contributed by atoms with Gasteiger partial charge in [0.1, 0.15) is 5.82 Å². The van der Waals surface area contributed by atoms with Gasteiger partial charge in [-0.05, 0) is 148 Å². The molecule has 5 rings (SSSR count). The second kappa shape index (κ2) is 8.56. The van der Waals surface area contributed by atoms with Crippen molar-refractivity contribution in [2.24, 2.45) is 41.4 Å². The average molecular weight is 395 g/mol. The van der Waals surface area contributed by atoms with Gasteiger partial charge in [0, 0.05) is 0 Å². The molecule has 0 radical (unpaired) electrons. The van der Waals surface area contributed by atoms with Gasteiger partial charge in [0.15, 0.2) is 0 Å².